The van der Waals surface area contributed by atoms with Gasteiger partial charge < -0.3 is 0 Å². The first-order chi connectivity index (χ1) is 6.16. The van der Waals surface area contributed by atoms with E-state index in [1.54, 1.807) is 30.4 Å². The van der Waals surface area contributed by atoms with Crippen LogP contribution in [-0.4, -0.2) is 5.78 Å². The molecule has 0 atom stereocenters. The Hall–Kier alpha value is -1.08. The molecular formula is C11H11ClO. The van der Waals surface area contributed by atoms with Crippen molar-refractivity contribution in [2.45, 2.75) is 13.8 Å². The second-order valence-corrected chi connectivity index (χ2v) is 3.18. The zero-order valence-electron chi connectivity index (χ0n) is 7.67. The molecule has 1 rings (SSSR count). The van der Waals surface area contributed by atoms with Crippen LogP contribution in [0.4, 0.5) is 0 Å². The maximum atomic E-state index is 11.5. The van der Waals surface area contributed by atoms with Crippen LogP contribution in [0.25, 0.3) is 0 Å². The van der Waals surface area contributed by atoms with Gasteiger partial charge >= 0.3 is 0 Å². The van der Waals surface area contributed by atoms with Gasteiger partial charge in [0.1, 0.15) is 0 Å². The van der Waals surface area contributed by atoms with Crippen LogP contribution in [0.2, 0.25) is 5.02 Å². The van der Waals surface area contributed by atoms with Gasteiger partial charge in [0.05, 0.1) is 0 Å². The topological polar surface area (TPSA) is 17.1 Å². The predicted octanol–water partition coefficient (Wildman–Crippen LogP) is 3.41. The van der Waals surface area contributed by atoms with Gasteiger partial charge in [-0.3, -0.25) is 4.79 Å². The molecule has 0 aliphatic rings. The number of carbonyl (C=O) groups is 1. The van der Waals surface area contributed by atoms with Crippen molar-refractivity contribution >= 4 is 17.4 Å². The molecule has 0 radical (unpaired) electrons. The molecule has 68 valence electrons. The third kappa shape index (κ3) is 2.19. The molecule has 2 heteroatoms. The van der Waals surface area contributed by atoms with Crippen molar-refractivity contribution in [3.63, 3.8) is 0 Å². The van der Waals surface area contributed by atoms with Crippen LogP contribution in [-0.2, 0) is 0 Å². The second-order valence-electron chi connectivity index (χ2n) is 2.78. The molecule has 0 fully saturated rings. The Balaban J connectivity index is 3.15. The highest BCUT2D eigenvalue weighted by Crippen LogP contribution is 2.19. The van der Waals surface area contributed by atoms with Gasteiger partial charge in [-0.05, 0) is 31.6 Å². The van der Waals surface area contributed by atoms with Gasteiger partial charge in [0, 0.05) is 10.6 Å². The number of rotatable bonds is 2. The Morgan fingerprint density at radius 1 is 1.46 bits per heavy atom. The number of halogens is 1. The largest absolute Gasteiger partial charge is 0.289 e. The Labute approximate surface area is 83.0 Å². The van der Waals surface area contributed by atoms with Crippen molar-refractivity contribution in [2.75, 3.05) is 0 Å². The van der Waals surface area contributed by atoms with Crippen molar-refractivity contribution < 1.29 is 4.79 Å². The minimum absolute atomic E-state index is 0.00231. The summed E-state index contributed by atoms with van der Waals surface area (Å²) in [6, 6.07) is 5.35. The van der Waals surface area contributed by atoms with Gasteiger partial charge in [-0.1, -0.05) is 29.8 Å². The molecule has 13 heavy (non-hydrogen) atoms. The molecule has 0 N–H and O–H groups in total. The first kappa shape index (κ1) is 10.0. The molecular weight excluding hydrogens is 184 g/mol. The highest BCUT2D eigenvalue weighted by Gasteiger charge is 2.06. The molecule has 0 bridgehead atoms. The van der Waals surface area contributed by atoms with Crippen molar-refractivity contribution in [3.05, 3.63) is 46.5 Å². The SMILES string of the molecule is C/C=C\C(=O)c1cccc(Cl)c1C. The number of allylic oxidation sites excluding steroid dienone is 2. The smallest absolute Gasteiger partial charge is 0.185 e. The molecule has 0 saturated heterocycles. The lowest BCUT2D eigenvalue weighted by Gasteiger charge is -2.02. The predicted molar refractivity (Wildman–Crippen MR) is 55.3 cm³/mol. The summed E-state index contributed by atoms with van der Waals surface area (Å²) in [6.07, 6.45) is 3.27. The third-order valence-corrected chi connectivity index (χ3v) is 2.26. The van der Waals surface area contributed by atoms with E-state index in [0.717, 1.165) is 5.56 Å². The van der Waals surface area contributed by atoms with Crippen LogP contribution in [0.1, 0.15) is 22.8 Å². The van der Waals surface area contributed by atoms with E-state index in [9.17, 15) is 4.79 Å². The molecule has 0 saturated carbocycles. The molecule has 0 spiro atoms. The number of ketones is 1. The van der Waals surface area contributed by atoms with Gasteiger partial charge in [-0.25, -0.2) is 0 Å². The Morgan fingerprint density at radius 2 is 2.15 bits per heavy atom. The van der Waals surface area contributed by atoms with Crippen molar-refractivity contribution in [1.82, 2.24) is 0 Å². The first-order valence-electron chi connectivity index (χ1n) is 4.09. The number of benzene rings is 1. The quantitative estimate of drug-likeness (QED) is 0.521. The normalized spacial score (nSPS) is 10.7. The van der Waals surface area contributed by atoms with Crippen LogP contribution in [0.5, 0.6) is 0 Å². The van der Waals surface area contributed by atoms with E-state index in [4.69, 9.17) is 11.6 Å². The summed E-state index contributed by atoms with van der Waals surface area (Å²) in [5, 5.41) is 0.635. The van der Waals surface area contributed by atoms with Gasteiger partial charge in [0.15, 0.2) is 5.78 Å². The van der Waals surface area contributed by atoms with E-state index in [2.05, 4.69) is 0 Å². The highest BCUT2D eigenvalue weighted by molar-refractivity contribution is 6.32. The second kappa shape index (κ2) is 4.24. The fourth-order valence-electron chi connectivity index (χ4n) is 1.12. The Kier molecular flexibility index (Phi) is 3.26. The summed E-state index contributed by atoms with van der Waals surface area (Å²) in [6.45, 7) is 3.66. The van der Waals surface area contributed by atoms with Gasteiger partial charge in [0.25, 0.3) is 0 Å². The number of hydrogen-bond donors (Lipinski definition) is 0. The van der Waals surface area contributed by atoms with E-state index in [1.165, 1.54) is 0 Å². The van der Waals surface area contributed by atoms with Crippen LogP contribution < -0.4 is 0 Å². The van der Waals surface area contributed by atoms with Gasteiger partial charge in [-0.15, -0.1) is 0 Å². The van der Waals surface area contributed by atoms with Crippen molar-refractivity contribution in [1.29, 1.82) is 0 Å². The van der Waals surface area contributed by atoms with Crippen LogP contribution in [0.15, 0.2) is 30.4 Å². The maximum Gasteiger partial charge on any atom is 0.185 e. The summed E-state index contributed by atoms with van der Waals surface area (Å²) in [7, 11) is 0. The maximum absolute atomic E-state index is 11.5. The fourth-order valence-corrected chi connectivity index (χ4v) is 1.29. The fraction of sp³-hybridized carbons (Fsp3) is 0.182. The first-order valence-corrected chi connectivity index (χ1v) is 4.46. The molecule has 1 aromatic rings. The summed E-state index contributed by atoms with van der Waals surface area (Å²) in [5.41, 5.74) is 1.51. The summed E-state index contributed by atoms with van der Waals surface area (Å²) in [4.78, 5) is 11.5. The lowest BCUT2D eigenvalue weighted by molar-refractivity contribution is 0.104. The molecule has 0 heterocycles. The third-order valence-electron chi connectivity index (χ3n) is 1.85. The van der Waals surface area contributed by atoms with E-state index in [0.29, 0.717) is 10.6 Å². The molecule has 0 aromatic heterocycles. The molecule has 0 amide bonds. The summed E-state index contributed by atoms with van der Waals surface area (Å²) >= 11 is 5.88. The minimum atomic E-state index is 0.00231. The minimum Gasteiger partial charge on any atom is -0.289 e. The molecule has 0 aliphatic heterocycles. The number of carbonyl (C=O) groups excluding carboxylic acids is 1. The zero-order valence-corrected chi connectivity index (χ0v) is 8.43. The lowest BCUT2D eigenvalue weighted by Crippen LogP contribution is -1.97. The van der Waals surface area contributed by atoms with E-state index in [1.807, 2.05) is 13.8 Å². The van der Waals surface area contributed by atoms with Gasteiger partial charge in [0.2, 0.25) is 0 Å². The summed E-state index contributed by atoms with van der Waals surface area (Å²) < 4.78 is 0. The lowest BCUT2D eigenvalue weighted by atomic mass is 10.0. The zero-order chi connectivity index (χ0) is 9.84. The van der Waals surface area contributed by atoms with Crippen LogP contribution in [0.3, 0.4) is 0 Å². The van der Waals surface area contributed by atoms with Crippen molar-refractivity contribution in [2.24, 2.45) is 0 Å². The average Bonchev–Trinajstić information content (AvgIpc) is 2.10. The molecule has 1 aromatic carbocycles. The Bertz CT molecular complexity index is 353. The van der Waals surface area contributed by atoms with E-state index in [-0.39, 0.29) is 5.78 Å². The summed E-state index contributed by atoms with van der Waals surface area (Å²) in [5.74, 6) is 0.00231. The monoisotopic (exact) mass is 194 g/mol. The number of hydrogen-bond acceptors (Lipinski definition) is 1. The molecule has 1 nitrogen and oxygen atoms in total. The Morgan fingerprint density at radius 3 is 2.77 bits per heavy atom. The average molecular weight is 195 g/mol. The molecule has 0 aliphatic carbocycles. The molecule has 0 unspecified atom stereocenters. The van der Waals surface area contributed by atoms with E-state index >= 15 is 0 Å². The van der Waals surface area contributed by atoms with Crippen LogP contribution in [0, 0.1) is 6.92 Å². The van der Waals surface area contributed by atoms with E-state index < -0.39 is 0 Å². The standard InChI is InChI=1S/C11H11ClO/c1-3-5-11(13)9-6-4-7-10(12)8(9)2/h3-7H,1-2H3/b5-3-. The highest BCUT2D eigenvalue weighted by atomic mass is 35.5. The van der Waals surface area contributed by atoms with Crippen LogP contribution >= 0.6 is 11.6 Å². The van der Waals surface area contributed by atoms with Crippen molar-refractivity contribution in [3.8, 4) is 0 Å². The van der Waals surface area contributed by atoms with Gasteiger partial charge in [-0.2, -0.15) is 0 Å².